The second-order valence-electron chi connectivity index (χ2n) is 5.03. The van der Waals surface area contributed by atoms with Crippen molar-refractivity contribution in [2.75, 3.05) is 56.6 Å². The van der Waals surface area contributed by atoms with E-state index in [0.717, 1.165) is 63.7 Å². The smallest absolute Gasteiger partial charge is 0.224 e. The Kier molecular flexibility index (Phi) is 6.01. The number of aryl methyl sites for hydroxylation is 1. The third kappa shape index (κ3) is 4.61. The molecule has 6 nitrogen and oxygen atoms in total. The zero-order valence-electron chi connectivity index (χ0n) is 12.5. The normalized spacial score (nSPS) is 16.1. The number of nitrogens with zero attached hydrogens (tertiary/aromatic N) is 3. The molecule has 0 aliphatic carbocycles. The average Bonchev–Trinajstić information content (AvgIpc) is 2.49. The van der Waals surface area contributed by atoms with Crippen molar-refractivity contribution < 1.29 is 4.74 Å². The standard InChI is InChI=1S/C14H25N5O/c1-3-4-15-13-12(2)11-17-14(18-13)16-5-6-19-7-9-20-10-8-19/h11H,3-10H2,1-2H3,(H2,15,16,17,18). The molecule has 2 heterocycles. The van der Waals surface area contributed by atoms with Gasteiger partial charge in [-0.15, -0.1) is 0 Å². The first-order chi connectivity index (χ1) is 9.79. The van der Waals surface area contributed by atoms with Gasteiger partial charge in [0.25, 0.3) is 0 Å². The lowest BCUT2D eigenvalue weighted by atomic mass is 10.3. The number of nitrogens with one attached hydrogen (secondary N) is 2. The van der Waals surface area contributed by atoms with Crippen LogP contribution in [0.3, 0.4) is 0 Å². The number of ether oxygens (including phenoxy) is 1. The van der Waals surface area contributed by atoms with Crippen LogP contribution in [0.2, 0.25) is 0 Å². The molecular formula is C14H25N5O. The van der Waals surface area contributed by atoms with E-state index in [-0.39, 0.29) is 0 Å². The predicted molar refractivity (Wildman–Crippen MR) is 81.3 cm³/mol. The molecule has 1 aromatic heterocycles. The van der Waals surface area contributed by atoms with Gasteiger partial charge in [-0.05, 0) is 13.3 Å². The minimum absolute atomic E-state index is 0.697. The van der Waals surface area contributed by atoms with E-state index in [1.54, 1.807) is 0 Å². The molecule has 0 saturated carbocycles. The Morgan fingerprint density at radius 2 is 2.05 bits per heavy atom. The van der Waals surface area contributed by atoms with E-state index in [0.29, 0.717) is 5.95 Å². The SMILES string of the molecule is CCCNc1nc(NCCN2CCOCC2)ncc1C. The lowest BCUT2D eigenvalue weighted by molar-refractivity contribution is 0.0398. The van der Waals surface area contributed by atoms with E-state index in [1.165, 1.54) is 0 Å². The molecular weight excluding hydrogens is 254 g/mol. The third-order valence-corrected chi connectivity index (χ3v) is 3.33. The monoisotopic (exact) mass is 279 g/mol. The van der Waals surface area contributed by atoms with Crippen LogP contribution >= 0.6 is 0 Å². The number of hydrogen-bond donors (Lipinski definition) is 2. The minimum atomic E-state index is 0.697. The van der Waals surface area contributed by atoms with Crippen molar-refractivity contribution >= 4 is 11.8 Å². The third-order valence-electron chi connectivity index (χ3n) is 3.33. The van der Waals surface area contributed by atoms with Gasteiger partial charge in [-0.3, -0.25) is 4.90 Å². The van der Waals surface area contributed by atoms with Crippen LogP contribution in [0.1, 0.15) is 18.9 Å². The topological polar surface area (TPSA) is 62.3 Å². The Hall–Kier alpha value is -1.40. The molecule has 20 heavy (non-hydrogen) atoms. The van der Waals surface area contributed by atoms with Crippen molar-refractivity contribution in [3.05, 3.63) is 11.8 Å². The maximum atomic E-state index is 5.34. The van der Waals surface area contributed by atoms with Gasteiger partial charge in [-0.2, -0.15) is 4.98 Å². The van der Waals surface area contributed by atoms with Gasteiger partial charge in [0, 0.05) is 44.5 Å². The summed E-state index contributed by atoms with van der Waals surface area (Å²) in [4.78, 5) is 11.2. The highest BCUT2D eigenvalue weighted by molar-refractivity contribution is 5.46. The zero-order chi connectivity index (χ0) is 14.2. The van der Waals surface area contributed by atoms with E-state index >= 15 is 0 Å². The molecule has 0 bridgehead atoms. The molecule has 0 unspecified atom stereocenters. The number of hydrogen-bond acceptors (Lipinski definition) is 6. The van der Waals surface area contributed by atoms with E-state index < -0.39 is 0 Å². The van der Waals surface area contributed by atoms with Crippen molar-refractivity contribution in [2.45, 2.75) is 20.3 Å². The first kappa shape index (κ1) is 15.0. The highest BCUT2D eigenvalue weighted by Gasteiger charge is 2.09. The van der Waals surface area contributed by atoms with E-state index in [1.807, 2.05) is 13.1 Å². The van der Waals surface area contributed by atoms with Crippen molar-refractivity contribution in [3.8, 4) is 0 Å². The van der Waals surface area contributed by atoms with Gasteiger partial charge in [0.1, 0.15) is 5.82 Å². The van der Waals surface area contributed by atoms with Gasteiger partial charge >= 0.3 is 0 Å². The Balaban J connectivity index is 1.79. The Morgan fingerprint density at radius 1 is 1.25 bits per heavy atom. The highest BCUT2D eigenvalue weighted by Crippen LogP contribution is 2.12. The van der Waals surface area contributed by atoms with Gasteiger partial charge in [-0.25, -0.2) is 4.98 Å². The van der Waals surface area contributed by atoms with E-state index in [2.05, 4.69) is 32.4 Å². The average molecular weight is 279 g/mol. The molecule has 1 aliphatic heterocycles. The fourth-order valence-electron chi connectivity index (χ4n) is 2.10. The Bertz CT molecular complexity index is 407. The minimum Gasteiger partial charge on any atom is -0.379 e. The van der Waals surface area contributed by atoms with Gasteiger partial charge in [0.2, 0.25) is 5.95 Å². The van der Waals surface area contributed by atoms with Crippen LogP contribution in [0.15, 0.2) is 6.20 Å². The second-order valence-corrected chi connectivity index (χ2v) is 5.03. The van der Waals surface area contributed by atoms with Gasteiger partial charge in [0.05, 0.1) is 13.2 Å². The van der Waals surface area contributed by atoms with E-state index in [4.69, 9.17) is 4.74 Å². The lowest BCUT2D eigenvalue weighted by Crippen LogP contribution is -2.39. The number of aromatic nitrogens is 2. The summed E-state index contributed by atoms with van der Waals surface area (Å²) in [6.07, 6.45) is 2.95. The van der Waals surface area contributed by atoms with Crippen LogP contribution in [0.5, 0.6) is 0 Å². The van der Waals surface area contributed by atoms with Gasteiger partial charge in [0.15, 0.2) is 0 Å². The molecule has 0 aromatic carbocycles. The first-order valence-electron chi connectivity index (χ1n) is 7.41. The molecule has 2 rings (SSSR count). The van der Waals surface area contributed by atoms with Gasteiger partial charge in [-0.1, -0.05) is 6.92 Å². The molecule has 1 fully saturated rings. The fourth-order valence-corrected chi connectivity index (χ4v) is 2.10. The molecule has 2 N–H and O–H groups in total. The van der Waals surface area contributed by atoms with Gasteiger partial charge < -0.3 is 15.4 Å². The van der Waals surface area contributed by atoms with Crippen molar-refractivity contribution in [2.24, 2.45) is 0 Å². The largest absolute Gasteiger partial charge is 0.379 e. The van der Waals surface area contributed by atoms with Crippen molar-refractivity contribution in [1.82, 2.24) is 14.9 Å². The molecule has 1 aliphatic rings. The van der Waals surface area contributed by atoms with Crippen molar-refractivity contribution in [3.63, 3.8) is 0 Å². The maximum Gasteiger partial charge on any atom is 0.224 e. The predicted octanol–water partition coefficient (Wildman–Crippen LogP) is 1.35. The number of anilines is 2. The summed E-state index contributed by atoms with van der Waals surface area (Å²) in [5, 5.41) is 6.62. The molecule has 1 saturated heterocycles. The van der Waals surface area contributed by atoms with Crippen LogP contribution < -0.4 is 10.6 Å². The fraction of sp³-hybridized carbons (Fsp3) is 0.714. The molecule has 6 heteroatoms. The quantitative estimate of drug-likeness (QED) is 0.785. The second kappa shape index (κ2) is 8.01. The first-order valence-corrected chi connectivity index (χ1v) is 7.41. The van der Waals surface area contributed by atoms with Crippen LogP contribution in [0.4, 0.5) is 11.8 Å². The summed E-state index contributed by atoms with van der Waals surface area (Å²) < 4.78 is 5.34. The van der Waals surface area contributed by atoms with Crippen LogP contribution in [-0.4, -0.2) is 60.8 Å². The maximum absolute atomic E-state index is 5.34. The molecule has 0 spiro atoms. The summed E-state index contributed by atoms with van der Waals surface area (Å²) in [7, 11) is 0. The molecule has 0 radical (unpaired) electrons. The lowest BCUT2D eigenvalue weighted by Gasteiger charge is -2.26. The summed E-state index contributed by atoms with van der Waals surface area (Å²) in [6, 6.07) is 0. The zero-order valence-corrected chi connectivity index (χ0v) is 12.5. The summed E-state index contributed by atoms with van der Waals surface area (Å²) in [5.74, 6) is 1.62. The molecule has 0 amide bonds. The van der Waals surface area contributed by atoms with Crippen LogP contribution in [0.25, 0.3) is 0 Å². The summed E-state index contributed by atoms with van der Waals surface area (Å²) in [6.45, 7) is 10.7. The Morgan fingerprint density at radius 3 is 2.80 bits per heavy atom. The van der Waals surface area contributed by atoms with Crippen LogP contribution in [0, 0.1) is 6.92 Å². The highest BCUT2D eigenvalue weighted by atomic mass is 16.5. The summed E-state index contributed by atoms with van der Waals surface area (Å²) in [5.41, 5.74) is 1.08. The number of morpholine rings is 1. The molecule has 112 valence electrons. The number of rotatable bonds is 7. The molecule has 1 aromatic rings. The van der Waals surface area contributed by atoms with Crippen LogP contribution in [-0.2, 0) is 4.74 Å². The van der Waals surface area contributed by atoms with Crippen molar-refractivity contribution in [1.29, 1.82) is 0 Å². The molecule has 0 atom stereocenters. The van der Waals surface area contributed by atoms with E-state index in [9.17, 15) is 0 Å². The summed E-state index contributed by atoms with van der Waals surface area (Å²) >= 11 is 0. The Labute approximate surface area is 120 Å².